The predicted octanol–water partition coefficient (Wildman–Crippen LogP) is 11.8. The van der Waals surface area contributed by atoms with Crippen molar-refractivity contribution in [1.29, 1.82) is 0 Å². The number of para-hydroxylation sites is 1. The van der Waals surface area contributed by atoms with E-state index in [2.05, 4.69) is 145 Å². The molecule has 0 atom stereocenters. The van der Waals surface area contributed by atoms with Crippen LogP contribution in [0.15, 0.2) is 85.1 Å². The van der Waals surface area contributed by atoms with Crippen molar-refractivity contribution in [2.45, 2.75) is 92.9 Å². The number of benzene rings is 4. The molecule has 0 fully saturated rings. The largest absolute Gasteiger partial charge is 2.00 e. The monoisotopic (exact) mass is 778 g/mol. The van der Waals surface area contributed by atoms with E-state index in [1.54, 1.807) is 0 Å². The Kier molecular flexibility index (Phi) is 10.9. The zero-order chi connectivity index (χ0) is 35.9. The van der Waals surface area contributed by atoms with Gasteiger partial charge in [0.25, 0.3) is 0 Å². The average Bonchev–Trinajstić information content (AvgIpc) is 3.62. The molecule has 0 aliphatic heterocycles. The van der Waals surface area contributed by atoms with E-state index in [0.717, 1.165) is 82.4 Å². The Bertz CT molecular complexity index is 2350. The van der Waals surface area contributed by atoms with Gasteiger partial charge >= 0.3 is 20.4 Å². The molecule has 0 amide bonds. The van der Waals surface area contributed by atoms with Crippen molar-refractivity contribution >= 4 is 21.8 Å². The first-order valence-corrected chi connectivity index (χ1v) is 18.4. The van der Waals surface area contributed by atoms with Gasteiger partial charge in [-0.2, -0.15) is 11.2 Å². The first-order valence-electron chi connectivity index (χ1n) is 18.4. The first kappa shape index (κ1) is 37.3. The summed E-state index contributed by atoms with van der Waals surface area (Å²) < 4.78 is 11.0. The van der Waals surface area contributed by atoms with Crippen LogP contribution < -0.4 is 4.74 Å². The minimum atomic E-state index is -0.125. The van der Waals surface area contributed by atoms with E-state index < -0.39 is 0 Å². The van der Waals surface area contributed by atoms with Crippen molar-refractivity contribution in [1.82, 2.24) is 19.3 Å². The number of aryl methyl sites for hydroxylation is 4. The van der Waals surface area contributed by atoms with Gasteiger partial charge in [-0.15, -0.1) is 41.3 Å². The number of hydrogen-bond donors (Lipinski definition) is 0. The van der Waals surface area contributed by atoms with Gasteiger partial charge in [0.1, 0.15) is 5.82 Å². The van der Waals surface area contributed by atoms with E-state index in [4.69, 9.17) is 14.8 Å². The molecule has 0 saturated heterocycles. The summed E-state index contributed by atoms with van der Waals surface area (Å²) in [6.07, 6.45) is 7.20. The van der Waals surface area contributed by atoms with Gasteiger partial charge in [0, 0.05) is 34.5 Å². The third-order valence-corrected chi connectivity index (χ3v) is 10.1. The second-order valence-electron chi connectivity index (χ2n) is 14.6. The average molecular weight is 779 g/mol. The van der Waals surface area contributed by atoms with Crippen molar-refractivity contribution in [3.05, 3.63) is 131 Å². The Morgan fingerprint density at radius 3 is 2.23 bits per heavy atom. The molecule has 0 N–H and O–H groups in total. The molecule has 7 aromatic rings. The van der Waals surface area contributed by atoms with Crippen molar-refractivity contribution < 1.29 is 25.2 Å². The third kappa shape index (κ3) is 7.00. The summed E-state index contributed by atoms with van der Waals surface area (Å²) in [7, 11) is 0. The molecule has 0 aliphatic rings. The summed E-state index contributed by atoms with van der Waals surface area (Å²) in [4.78, 5) is 4.83. The van der Waals surface area contributed by atoms with Crippen LogP contribution in [0.4, 0.5) is 0 Å². The van der Waals surface area contributed by atoms with Crippen LogP contribution in [0.1, 0.15) is 88.0 Å². The minimum Gasteiger partial charge on any atom is -0.509 e. The minimum absolute atomic E-state index is 0. The molecule has 268 valence electrons. The Labute approximate surface area is 322 Å². The van der Waals surface area contributed by atoms with Crippen LogP contribution in [0.25, 0.3) is 44.4 Å². The zero-order valence-corrected chi connectivity index (χ0v) is 33.2. The number of nitrogens with zero attached hydrogens (tertiary/aromatic N) is 4. The number of aromatic nitrogens is 4. The van der Waals surface area contributed by atoms with Gasteiger partial charge in [0.2, 0.25) is 0 Å². The number of unbranched alkanes of at least 4 members (excludes halogenated alkanes) is 1. The molecular weight excluding hydrogens is 731 g/mol. The fraction of sp³-hybridized carbons (Fsp3) is 0.304. The van der Waals surface area contributed by atoms with Crippen molar-refractivity contribution in [2.24, 2.45) is 0 Å². The van der Waals surface area contributed by atoms with E-state index in [1.165, 1.54) is 27.8 Å². The Morgan fingerprint density at radius 2 is 1.52 bits per heavy atom. The summed E-state index contributed by atoms with van der Waals surface area (Å²) in [6, 6.07) is 35.2. The van der Waals surface area contributed by atoms with Gasteiger partial charge in [-0.1, -0.05) is 89.9 Å². The van der Waals surface area contributed by atoms with E-state index >= 15 is 0 Å². The summed E-state index contributed by atoms with van der Waals surface area (Å²) in [5.74, 6) is 2.15. The molecule has 3 heterocycles. The van der Waals surface area contributed by atoms with Crippen LogP contribution in [0.3, 0.4) is 0 Å². The van der Waals surface area contributed by atoms with Crippen LogP contribution >= 0.6 is 0 Å². The Balaban J connectivity index is 0.00000464. The molecule has 0 spiro atoms. The van der Waals surface area contributed by atoms with E-state index in [0.29, 0.717) is 11.5 Å². The second kappa shape index (κ2) is 15.2. The SMILES string of the molecule is CCCCc1ccnc(-n2c3[c-]c(Oc4[c-]c(-n5nc(C)c(-c6c(CC)cccc6CC)c5C)cc(C(C)(C)C)c4)ccc3c3ccccc32)c1.[Pd+2]. The standard InChI is InChI=1S/C46H48N4O.Pd/c1-9-12-16-32-23-24-47-43(25-32)49-41-20-14-13-19-39(41)40-22-21-37(29-42(40)49)51-38-27-35(46(6,7)8)26-36(28-38)50-31(5)44(30(4)48-50)45-33(10-2)17-15-18-34(45)11-3;/h13-15,17-27H,9-12,16H2,1-8H3;/q-2;+2. The van der Waals surface area contributed by atoms with Gasteiger partial charge in [-0.25, -0.2) is 4.98 Å². The van der Waals surface area contributed by atoms with E-state index in [1.807, 2.05) is 16.9 Å². The van der Waals surface area contributed by atoms with Gasteiger partial charge < -0.3 is 9.30 Å². The summed E-state index contributed by atoms with van der Waals surface area (Å²) >= 11 is 0. The number of ether oxygens (including phenoxy) is 1. The molecule has 5 nitrogen and oxygen atoms in total. The molecule has 7 rings (SSSR count). The number of rotatable bonds is 10. The van der Waals surface area contributed by atoms with Crippen LogP contribution in [0.2, 0.25) is 0 Å². The molecule has 0 bridgehead atoms. The normalized spacial score (nSPS) is 11.7. The van der Waals surface area contributed by atoms with Crippen LogP contribution in [-0.2, 0) is 45.1 Å². The number of pyridine rings is 1. The fourth-order valence-electron chi connectivity index (χ4n) is 7.34. The maximum Gasteiger partial charge on any atom is 2.00 e. The molecule has 52 heavy (non-hydrogen) atoms. The van der Waals surface area contributed by atoms with E-state index in [-0.39, 0.29) is 25.8 Å². The Morgan fingerprint density at radius 1 is 0.769 bits per heavy atom. The smallest absolute Gasteiger partial charge is 0.509 e. The van der Waals surface area contributed by atoms with Crippen LogP contribution in [0.5, 0.6) is 11.5 Å². The van der Waals surface area contributed by atoms with Gasteiger partial charge in [-0.3, -0.25) is 4.68 Å². The third-order valence-electron chi connectivity index (χ3n) is 10.1. The van der Waals surface area contributed by atoms with Gasteiger partial charge in [0.05, 0.1) is 5.69 Å². The first-order chi connectivity index (χ1) is 24.6. The predicted molar refractivity (Wildman–Crippen MR) is 211 cm³/mol. The Hall–Kier alpha value is -4.50. The molecule has 3 aromatic heterocycles. The maximum atomic E-state index is 6.70. The topological polar surface area (TPSA) is 44.9 Å². The van der Waals surface area contributed by atoms with E-state index in [9.17, 15) is 0 Å². The quantitative estimate of drug-likeness (QED) is 0.103. The van der Waals surface area contributed by atoms with Gasteiger partial charge in [0.15, 0.2) is 0 Å². The molecule has 0 saturated carbocycles. The summed E-state index contributed by atoms with van der Waals surface area (Å²) in [6.45, 7) is 17.7. The molecule has 0 unspecified atom stereocenters. The molecule has 0 aliphatic carbocycles. The molecule has 0 radical (unpaired) electrons. The van der Waals surface area contributed by atoms with Crippen LogP contribution in [0, 0.1) is 26.0 Å². The fourth-order valence-corrected chi connectivity index (χ4v) is 7.34. The van der Waals surface area contributed by atoms with Crippen molar-refractivity contribution in [3.63, 3.8) is 0 Å². The summed E-state index contributed by atoms with van der Waals surface area (Å²) in [5, 5.41) is 7.40. The number of hydrogen-bond acceptors (Lipinski definition) is 3. The molecule has 6 heteroatoms. The molecule has 4 aromatic carbocycles. The maximum absolute atomic E-state index is 6.70. The zero-order valence-electron chi connectivity index (χ0n) is 31.6. The van der Waals surface area contributed by atoms with Crippen molar-refractivity contribution in [3.8, 4) is 34.1 Å². The molecular formula is C46H48N4OPd. The van der Waals surface area contributed by atoms with Crippen LogP contribution in [-0.4, -0.2) is 19.3 Å². The van der Waals surface area contributed by atoms with Crippen molar-refractivity contribution in [2.75, 3.05) is 0 Å². The summed E-state index contributed by atoms with van der Waals surface area (Å²) in [5.41, 5.74) is 12.5. The second-order valence-corrected chi connectivity index (χ2v) is 14.6. The van der Waals surface area contributed by atoms with Gasteiger partial charge in [-0.05, 0) is 96.5 Å². The number of fused-ring (bicyclic) bond motifs is 3.